The van der Waals surface area contributed by atoms with E-state index in [0.717, 1.165) is 43.4 Å². The molecule has 1 unspecified atom stereocenters. The van der Waals surface area contributed by atoms with E-state index in [1.54, 1.807) is 6.07 Å². The first kappa shape index (κ1) is 12.2. The Balaban J connectivity index is 2.09. The Morgan fingerprint density at radius 2 is 2.16 bits per heavy atom. The van der Waals surface area contributed by atoms with Crippen LogP contribution in [0.3, 0.4) is 0 Å². The predicted octanol–water partition coefficient (Wildman–Crippen LogP) is 2.05. The maximum absolute atomic E-state index is 11.9. The summed E-state index contributed by atoms with van der Waals surface area (Å²) < 4.78 is 4.91. The quantitative estimate of drug-likeness (QED) is 0.785. The first-order chi connectivity index (χ1) is 9.20. The van der Waals surface area contributed by atoms with E-state index in [4.69, 9.17) is 4.74 Å². The second-order valence-corrected chi connectivity index (χ2v) is 5.19. The van der Waals surface area contributed by atoms with Crippen LogP contribution in [0, 0.1) is 5.92 Å². The molecule has 1 atom stereocenters. The van der Waals surface area contributed by atoms with E-state index in [1.807, 2.05) is 6.07 Å². The Morgan fingerprint density at radius 3 is 2.95 bits per heavy atom. The third-order valence-corrected chi connectivity index (χ3v) is 4.18. The summed E-state index contributed by atoms with van der Waals surface area (Å²) in [6, 6.07) is 3.46. The molecular weight excluding hydrogens is 242 g/mol. The molecule has 0 aliphatic heterocycles. The summed E-state index contributed by atoms with van der Waals surface area (Å²) >= 11 is 0. The molecule has 4 nitrogen and oxygen atoms in total. The fourth-order valence-electron chi connectivity index (χ4n) is 3.32. The number of H-pyrrole nitrogens is 1. The lowest BCUT2D eigenvalue weighted by Crippen LogP contribution is -2.26. The second-order valence-electron chi connectivity index (χ2n) is 5.19. The van der Waals surface area contributed by atoms with Crippen molar-refractivity contribution < 1.29 is 9.53 Å². The van der Waals surface area contributed by atoms with Crippen molar-refractivity contribution in [1.29, 1.82) is 0 Å². The predicted molar refractivity (Wildman–Crippen MR) is 71.7 cm³/mol. The number of carbonyl (C=O) groups is 1. The van der Waals surface area contributed by atoms with Crippen molar-refractivity contribution >= 4 is 11.5 Å². The molecule has 1 aromatic rings. The molecule has 0 saturated heterocycles. The number of aromatic amines is 1. The van der Waals surface area contributed by atoms with E-state index >= 15 is 0 Å². The smallest absolute Gasteiger partial charge is 0.312 e. The Labute approximate surface area is 111 Å². The Hall–Kier alpha value is -1.84. The number of carbonyl (C=O) groups excluding carboxylic acids is 1. The Bertz CT molecular complexity index is 612. The van der Waals surface area contributed by atoms with E-state index in [9.17, 15) is 9.59 Å². The van der Waals surface area contributed by atoms with Crippen LogP contribution in [0.5, 0.6) is 0 Å². The van der Waals surface area contributed by atoms with Gasteiger partial charge in [-0.05, 0) is 49.3 Å². The van der Waals surface area contributed by atoms with Crippen LogP contribution < -0.4 is 5.56 Å². The van der Waals surface area contributed by atoms with Crippen molar-refractivity contribution in [2.45, 2.75) is 32.1 Å². The number of methoxy groups -OCH3 is 1. The Kier molecular flexibility index (Phi) is 3.01. The first-order valence-electron chi connectivity index (χ1n) is 6.73. The van der Waals surface area contributed by atoms with Gasteiger partial charge in [0.15, 0.2) is 0 Å². The number of hydrogen-bond donors (Lipinski definition) is 1. The number of ether oxygens (including phenoxy) is 1. The normalized spacial score (nSPS) is 21.6. The number of pyridine rings is 1. The van der Waals surface area contributed by atoms with Gasteiger partial charge in [0.1, 0.15) is 0 Å². The van der Waals surface area contributed by atoms with Gasteiger partial charge in [-0.2, -0.15) is 0 Å². The van der Waals surface area contributed by atoms with Gasteiger partial charge in [-0.3, -0.25) is 9.59 Å². The van der Waals surface area contributed by atoms with Crippen LogP contribution in [0.25, 0.3) is 5.57 Å². The zero-order valence-electron chi connectivity index (χ0n) is 11.0. The molecule has 1 aromatic heterocycles. The molecule has 1 heterocycles. The molecule has 0 saturated carbocycles. The van der Waals surface area contributed by atoms with Crippen LogP contribution in [-0.2, 0) is 16.0 Å². The third-order valence-electron chi connectivity index (χ3n) is 4.18. The number of hydrogen-bond acceptors (Lipinski definition) is 3. The van der Waals surface area contributed by atoms with Gasteiger partial charge < -0.3 is 9.72 Å². The minimum atomic E-state index is -0.125. The number of aromatic nitrogens is 1. The molecule has 0 amide bonds. The molecule has 100 valence electrons. The van der Waals surface area contributed by atoms with Gasteiger partial charge in [0.25, 0.3) is 0 Å². The third kappa shape index (κ3) is 2.01. The molecule has 19 heavy (non-hydrogen) atoms. The van der Waals surface area contributed by atoms with Gasteiger partial charge in [0.2, 0.25) is 5.56 Å². The monoisotopic (exact) mass is 259 g/mol. The van der Waals surface area contributed by atoms with Crippen LogP contribution in [0.4, 0.5) is 0 Å². The van der Waals surface area contributed by atoms with E-state index in [-0.39, 0.29) is 17.4 Å². The van der Waals surface area contributed by atoms with E-state index < -0.39 is 0 Å². The van der Waals surface area contributed by atoms with Crippen molar-refractivity contribution in [2.24, 2.45) is 5.92 Å². The van der Waals surface area contributed by atoms with Gasteiger partial charge in [0, 0.05) is 11.8 Å². The first-order valence-corrected chi connectivity index (χ1v) is 6.73. The van der Waals surface area contributed by atoms with Crippen LogP contribution >= 0.6 is 0 Å². The fourth-order valence-corrected chi connectivity index (χ4v) is 3.32. The lowest BCUT2D eigenvalue weighted by molar-refractivity contribution is -0.144. The number of esters is 1. The summed E-state index contributed by atoms with van der Waals surface area (Å²) in [5.74, 6) is -0.214. The lowest BCUT2D eigenvalue weighted by atomic mass is 9.74. The molecular formula is C15H17NO3. The maximum atomic E-state index is 11.9. The number of nitrogens with one attached hydrogen (secondary N) is 1. The maximum Gasteiger partial charge on any atom is 0.312 e. The van der Waals surface area contributed by atoms with E-state index in [2.05, 4.69) is 4.98 Å². The van der Waals surface area contributed by atoms with Gasteiger partial charge in [-0.1, -0.05) is 5.57 Å². The van der Waals surface area contributed by atoms with Crippen LogP contribution in [-0.4, -0.2) is 18.1 Å². The molecule has 2 aliphatic rings. The molecule has 1 N–H and O–H groups in total. The topological polar surface area (TPSA) is 59.2 Å². The Morgan fingerprint density at radius 1 is 1.32 bits per heavy atom. The highest BCUT2D eigenvalue weighted by Crippen LogP contribution is 2.42. The SMILES string of the molecule is COC(=O)C1CCCC2=C1CCc1[nH]c(=O)ccc12. The average Bonchev–Trinajstić information content (AvgIpc) is 2.45. The van der Waals surface area contributed by atoms with Crippen molar-refractivity contribution in [1.82, 2.24) is 4.98 Å². The zero-order chi connectivity index (χ0) is 13.4. The highest BCUT2D eigenvalue weighted by Gasteiger charge is 2.32. The van der Waals surface area contributed by atoms with Crippen molar-refractivity contribution in [3.05, 3.63) is 39.3 Å². The summed E-state index contributed by atoms with van der Waals surface area (Å²) in [5.41, 5.74) is 4.55. The lowest BCUT2D eigenvalue weighted by Gasteiger charge is -2.31. The molecule has 0 bridgehead atoms. The number of fused-ring (bicyclic) bond motifs is 2. The van der Waals surface area contributed by atoms with Crippen LogP contribution in [0.1, 0.15) is 36.9 Å². The highest BCUT2D eigenvalue weighted by molar-refractivity contribution is 5.83. The standard InChI is InChI=1S/C15H17NO3/c1-19-15(18)12-4-2-3-9-10(12)5-7-13-11(9)6-8-14(17)16-13/h6,8,12H,2-5,7H2,1H3,(H,16,17). The molecule has 4 heteroatoms. The summed E-state index contributed by atoms with van der Waals surface area (Å²) in [6.07, 6.45) is 4.52. The molecule has 2 aliphatic carbocycles. The number of aryl methyl sites for hydroxylation is 1. The van der Waals surface area contributed by atoms with Crippen molar-refractivity contribution in [2.75, 3.05) is 7.11 Å². The summed E-state index contributed by atoms with van der Waals surface area (Å²) in [6.45, 7) is 0. The van der Waals surface area contributed by atoms with Crippen molar-refractivity contribution in [3.63, 3.8) is 0 Å². The molecule has 0 fully saturated rings. The molecule has 3 rings (SSSR count). The molecule has 0 spiro atoms. The number of allylic oxidation sites excluding steroid dienone is 1. The fraction of sp³-hybridized carbons (Fsp3) is 0.467. The van der Waals surface area contributed by atoms with E-state index in [0.29, 0.717) is 0 Å². The highest BCUT2D eigenvalue weighted by atomic mass is 16.5. The summed E-state index contributed by atoms with van der Waals surface area (Å²) in [7, 11) is 1.45. The largest absolute Gasteiger partial charge is 0.469 e. The summed E-state index contributed by atoms with van der Waals surface area (Å²) in [4.78, 5) is 26.2. The van der Waals surface area contributed by atoms with E-state index in [1.165, 1.54) is 18.3 Å². The van der Waals surface area contributed by atoms with Crippen molar-refractivity contribution in [3.8, 4) is 0 Å². The van der Waals surface area contributed by atoms with Gasteiger partial charge >= 0.3 is 5.97 Å². The molecule has 0 aromatic carbocycles. The number of rotatable bonds is 1. The van der Waals surface area contributed by atoms with Gasteiger partial charge in [-0.15, -0.1) is 0 Å². The van der Waals surface area contributed by atoms with Gasteiger partial charge in [0.05, 0.1) is 13.0 Å². The minimum absolute atomic E-state index is 0.0527. The van der Waals surface area contributed by atoms with Gasteiger partial charge in [-0.25, -0.2) is 0 Å². The van der Waals surface area contributed by atoms with Crippen LogP contribution in [0.15, 0.2) is 22.5 Å². The second kappa shape index (κ2) is 4.68. The minimum Gasteiger partial charge on any atom is -0.469 e. The average molecular weight is 259 g/mol. The zero-order valence-corrected chi connectivity index (χ0v) is 11.0. The van der Waals surface area contributed by atoms with Crippen LogP contribution in [0.2, 0.25) is 0 Å². The summed E-state index contributed by atoms with van der Waals surface area (Å²) in [5, 5.41) is 0. The molecule has 0 radical (unpaired) electrons.